The minimum absolute atomic E-state index is 0.0676. The molecule has 0 aromatic heterocycles. The molecule has 9 heteroatoms. The first-order chi connectivity index (χ1) is 11.8. The van der Waals surface area contributed by atoms with Gasteiger partial charge >= 0.3 is 0 Å². The van der Waals surface area contributed by atoms with Gasteiger partial charge in [-0.05, 0) is 47.6 Å². The molecule has 1 aliphatic heterocycles. The topological polar surface area (TPSA) is 76.4 Å². The molecule has 0 amide bonds. The molecule has 2 atom stereocenters. The van der Waals surface area contributed by atoms with E-state index in [1.165, 1.54) is 0 Å². The van der Waals surface area contributed by atoms with Crippen LogP contribution in [0.15, 0.2) is 32.0 Å². The van der Waals surface area contributed by atoms with Gasteiger partial charge in [-0.1, -0.05) is 21.9 Å². The molecule has 1 N–H and O–H groups in total. The number of nitrogens with one attached hydrogen (secondary N) is 1. The third kappa shape index (κ3) is 5.19. The molecule has 1 saturated heterocycles. The number of hydrogen-bond donors (Lipinski definition) is 1. The van der Waals surface area contributed by atoms with Crippen LogP contribution < -0.4 is 4.72 Å². The summed E-state index contributed by atoms with van der Waals surface area (Å²) in [6.07, 6.45) is 7.99. The molecule has 2 rings (SSSR count). The monoisotopic (exact) mass is 488 g/mol. The van der Waals surface area contributed by atoms with Crippen LogP contribution in [-0.4, -0.2) is 57.0 Å². The van der Waals surface area contributed by atoms with Crippen molar-refractivity contribution in [1.82, 2.24) is 14.5 Å². The van der Waals surface area contributed by atoms with E-state index in [0.29, 0.717) is 35.0 Å². The molecule has 1 aromatic carbocycles. The molecule has 1 aromatic rings. The van der Waals surface area contributed by atoms with E-state index >= 15 is 0 Å². The Kier molecular flexibility index (Phi) is 6.89. The predicted octanol–water partition coefficient (Wildman–Crippen LogP) is 1.98. The molecule has 0 spiro atoms. The lowest BCUT2D eigenvalue weighted by molar-refractivity contribution is 0.260. The Hall–Kier alpha value is -1.10. The third-order valence-corrected chi connectivity index (χ3v) is 6.94. The molecule has 6 nitrogen and oxygen atoms in total. The number of benzene rings is 1. The highest BCUT2D eigenvalue weighted by molar-refractivity contribution is 9.11. The molecule has 1 heterocycles. The van der Waals surface area contributed by atoms with Crippen molar-refractivity contribution in [3.05, 3.63) is 27.1 Å². The van der Waals surface area contributed by atoms with Crippen molar-refractivity contribution in [2.45, 2.75) is 23.4 Å². The fourth-order valence-electron chi connectivity index (χ4n) is 2.84. The number of likely N-dealkylation sites (tertiary alicyclic amines) is 1. The van der Waals surface area contributed by atoms with Gasteiger partial charge in [0.2, 0.25) is 10.0 Å². The lowest BCUT2D eigenvalue weighted by Gasteiger charge is -2.23. The number of hydrogen-bond acceptors (Lipinski definition) is 5. The molecule has 25 heavy (non-hydrogen) atoms. The van der Waals surface area contributed by atoms with Gasteiger partial charge in [-0.15, -0.1) is 6.42 Å². The molecule has 0 saturated carbocycles. The van der Waals surface area contributed by atoms with E-state index in [2.05, 4.69) is 48.7 Å². The number of halogens is 2. The van der Waals surface area contributed by atoms with E-state index in [1.54, 1.807) is 23.1 Å². The standard InChI is InChI=1S/C16H18Br2N4O2S/c1-3-6-21(2)10-14-8-13(9-22(14)11-19)20-25(23,24)16-7-12(17)4-5-15(16)18/h1,4-5,7,13-14,20H,6,8-10H2,2H3/t13-,14-/m1/s1. The lowest BCUT2D eigenvalue weighted by Crippen LogP contribution is -2.36. The van der Waals surface area contributed by atoms with E-state index in [9.17, 15) is 13.7 Å². The fourth-order valence-corrected chi connectivity index (χ4v) is 5.59. The number of sulfonamides is 1. The summed E-state index contributed by atoms with van der Waals surface area (Å²) in [5.41, 5.74) is 0. The van der Waals surface area contributed by atoms with Crippen molar-refractivity contribution in [2.75, 3.05) is 26.7 Å². The van der Waals surface area contributed by atoms with Crippen LogP contribution in [0.2, 0.25) is 0 Å². The van der Waals surface area contributed by atoms with Gasteiger partial charge < -0.3 is 4.90 Å². The minimum atomic E-state index is -3.70. The van der Waals surface area contributed by atoms with Crippen molar-refractivity contribution in [2.24, 2.45) is 0 Å². The molecular formula is C16H18Br2N4O2S. The minimum Gasteiger partial charge on any atom is -0.305 e. The van der Waals surface area contributed by atoms with Crippen LogP contribution in [0.5, 0.6) is 0 Å². The summed E-state index contributed by atoms with van der Waals surface area (Å²) in [5, 5.41) is 9.32. The van der Waals surface area contributed by atoms with Gasteiger partial charge in [0.1, 0.15) is 0 Å². The van der Waals surface area contributed by atoms with E-state index in [1.807, 2.05) is 11.9 Å². The molecule has 1 fully saturated rings. The van der Waals surface area contributed by atoms with Gasteiger partial charge in [-0.2, -0.15) is 5.26 Å². The van der Waals surface area contributed by atoms with Crippen LogP contribution >= 0.6 is 31.9 Å². The van der Waals surface area contributed by atoms with Gasteiger partial charge in [-0.3, -0.25) is 4.90 Å². The number of nitriles is 1. The molecule has 1 aliphatic rings. The zero-order valence-corrected chi connectivity index (χ0v) is 17.6. The van der Waals surface area contributed by atoms with Gasteiger partial charge in [0, 0.05) is 28.1 Å². The first kappa shape index (κ1) is 20.2. The summed E-state index contributed by atoms with van der Waals surface area (Å²) in [6, 6.07) is 4.57. The number of nitrogens with zero attached hydrogens (tertiary/aromatic N) is 3. The van der Waals surface area contributed by atoms with Gasteiger partial charge in [0.25, 0.3) is 0 Å². The second-order valence-electron chi connectivity index (χ2n) is 5.94. The second-order valence-corrected chi connectivity index (χ2v) is 9.39. The Morgan fingerprint density at radius 1 is 1.48 bits per heavy atom. The highest BCUT2D eigenvalue weighted by Gasteiger charge is 2.35. The summed E-state index contributed by atoms with van der Waals surface area (Å²) < 4.78 is 29.2. The number of terminal acetylenes is 1. The van der Waals surface area contributed by atoms with E-state index in [-0.39, 0.29) is 17.0 Å². The lowest BCUT2D eigenvalue weighted by atomic mass is 10.2. The summed E-state index contributed by atoms with van der Waals surface area (Å²) in [5.74, 6) is 2.56. The van der Waals surface area contributed by atoms with Crippen molar-refractivity contribution in [1.29, 1.82) is 5.26 Å². The average Bonchev–Trinajstić information content (AvgIpc) is 2.90. The summed E-state index contributed by atoms with van der Waals surface area (Å²) >= 11 is 6.56. The van der Waals surface area contributed by atoms with Crippen LogP contribution in [0.25, 0.3) is 0 Å². The van der Waals surface area contributed by atoms with Crippen molar-refractivity contribution >= 4 is 41.9 Å². The maximum Gasteiger partial charge on any atom is 0.242 e. The molecule has 0 radical (unpaired) electrons. The maximum atomic E-state index is 12.7. The molecule has 0 unspecified atom stereocenters. The second kappa shape index (κ2) is 8.52. The Bertz CT molecular complexity index is 816. The SMILES string of the molecule is C#CCN(C)C[C@H]1C[C@@H](NS(=O)(=O)c2cc(Br)ccc2Br)CN1C#N. The average molecular weight is 490 g/mol. The Morgan fingerprint density at radius 2 is 2.20 bits per heavy atom. The van der Waals surface area contributed by atoms with Crippen molar-refractivity contribution in [3.8, 4) is 18.5 Å². The first-order valence-electron chi connectivity index (χ1n) is 7.52. The van der Waals surface area contributed by atoms with Gasteiger partial charge in [0.15, 0.2) is 6.19 Å². The van der Waals surface area contributed by atoms with Gasteiger partial charge in [0.05, 0.1) is 17.5 Å². The highest BCUT2D eigenvalue weighted by Crippen LogP contribution is 2.27. The van der Waals surface area contributed by atoms with Crippen LogP contribution in [0.3, 0.4) is 0 Å². The summed E-state index contributed by atoms with van der Waals surface area (Å²) in [4.78, 5) is 3.71. The highest BCUT2D eigenvalue weighted by atomic mass is 79.9. The van der Waals surface area contributed by atoms with E-state index in [4.69, 9.17) is 6.42 Å². The van der Waals surface area contributed by atoms with Gasteiger partial charge in [-0.25, -0.2) is 13.1 Å². The number of likely N-dealkylation sites (N-methyl/N-ethyl adjacent to an activating group) is 1. The van der Waals surface area contributed by atoms with Crippen LogP contribution in [-0.2, 0) is 10.0 Å². The predicted molar refractivity (Wildman–Crippen MR) is 103 cm³/mol. The Morgan fingerprint density at radius 3 is 2.84 bits per heavy atom. The molecular weight excluding hydrogens is 472 g/mol. The molecule has 0 bridgehead atoms. The maximum absolute atomic E-state index is 12.7. The first-order valence-corrected chi connectivity index (χ1v) is 10.6. The van der Waals surface area contributed by atoms with Crippen LogP contribution in [0, 0.1) is 23.8 Å². The van der Waals surface area contributed by atoms with E-state index in [0.717, 1.165) is 0 Å². The Labute approximate surface area is 165 Å². The number of rotatable bonds is 6. The van der Waals surface area contributed by atoms with Crippen LogP contribution in [0.4, 0.5) is 0 Å². The fraction of sp³-hybridized carbons (Fsp3) is 0.438. The summed E-state index contributed by atoms with van der Waals surface area (Å²) in [6.45, 7) is 1.43. The zero-order valence-electron chi connectivity index (χ0n) is 13.6. The molecule has 0 aliphatic carbocycles. The van der Waals surface area contributed by atoms with Crippen molar-refractivity contribution < 1.29 is 8.42 Å². The van der Waals surface area contributed by atoms with E-state index < -0.39 is 10.0 Å². The third-order valence-electron chi connectivity index (χ3n) is 3.93. The normalized spacial score (nSPS) is 20.5. The quantitative estimate of drug-likeness (QED) is 0.488. The van der Waals surface area contributed by atoms with Crippen LogP contribution in [0.1, 0.15) is 6.42 Å². The Balaban J connectivity index is 2.11. The van der Waals surface area contributed by atoms with Crippen molar-refractivity contribution in [3.63, 3.8) is 0 Å². The summed E-state index contributed by atoms with van der Waals surface area (Å²) in [7, 11) is -1.82. The smallest absolute Gasteiger partial charge is 0.242 e. The zero-order chi connectivity index (χ0) is 18.6. The molecule has 134 valence electrons. The largest absolute Gasteiger partial charge is 0.305 e.